The predicted octanol–water partition coefficient (Wildman–Crippen LogP) is 4.11. The molecule has 20 heavy (non-hydrogen) atoms. The summed E-state index contributed by atoms with van der Waals surface area (Å²) in [6.45, 7) is 9.08. The zero-order valence-corrected chi connectivity index (χ0v) is 12.6. The van der Waals surface area contributed by atoms with Crippen LogP contribution in [0.4, 0.5) is 0 Å². The molecule has 0 fully saturated rings. The maximum atomic E-state index is 10.7. The van der Waals surface area contributed by atoms with Crippen LogP contribution in [0.3, 0.4) is 0 Å². The van der Waals surface area contributed by atoms with E-state index in [2.05, 4.69) is 20.1 Å². The Morgan fingerprint density at radius 1 is 0.950 bits per heavy atom. The first-order valence-corrected chi connectivity index (χ1v) is 7.23. The second kappa shape index (κ2) is 17.4. The molecule has 0 rings (SSSR count). The molecule has 0 spiro atoms. The lowest BCUT2D eigenvalue weighted by atomic mass is 10.1. The van der Waals surface area contributed by atoms with E-state index in [0.29, 0.717) is 6.61 Å². The minimum absolute atomic E-state index is 0.307. The van der Waals surface area contributed by atoms with Crippen LogP contribution < -0.4 is 0 Å². The van der Waals surface area contributed by atoms with Crippen LogP contribution in [0.15, 0.2) is 25.3 Å². The number of carboxylic acids is 1. The van der Waals surface area contributed by atoms with Crippen LogP contribution in [0.1, 0.15) is 58.3 Å². The Kier molecular flexibility index (Phi) is 18.1. The van der Waals surface area contributed by atoms with Crippen LogP contribution in [0.5, 0.6) is 0 Å². The first kappa shape index (κ1) is 20.7. The van der Waals surface area contributed by atoms with Crippen molar-refractivity contribution in [2.75, 3.05) is 6.61 Å². The highest BCUT2D eigenvalue weighted by molar-refractivity contribution is 5.81. The average Bonchev–Trinajstić information content (AvgIpc) is 2.45. The number of hydrogen-bond acceptors (Lipinski definition) is 3. The number of aliphatic carboxylic acids is 1. The van der Waals surface area contributed by atoms with Crippen molar-refractivity contribution in [1.29, 1.82) is 0 Å². The van der Waals surface area contributed by atoms with Crippen LogP contribution >= 0.6 is 0 Å². The number of esters is 1. The number of ether oxygens (including phenoxy) is 1. The third-order valence-electron chi connectivity index (χ3n) is 2.58. The highest BCUT2D eigenvalue weighted by atomic mass is 16.5. The summed E-state index contributed by atoms with van der Waals surface area (Å²) in [5, 5.41) is 7.60. The molecule has 0 aliphatic carbocycles. The van der Waals surface area contributed by atoms with Crippen molar-refractivity contribution in [3.63, 3.8) is 0 Å². The quantitative estimate of drug-likeness (QED) is 0.352. The molecule has 4 nitrogen and oxygen atoms in total. The van der Waals surface area contributed by atoms with Crippen LogP contribution in [0.25, 0.3) is 0 Å². The fourth-order valence-corrected chi connectivity index (χ4v) is 1.47. The fourth-order valence-electron chi connectivity index (χ4n) is 1.47. The Labute approximate surface area is 122 Å². The first-order valence-electron chi connectivity index (χ1n) is 7.23. The van der Waals surface area contributed by atoms with Gasteiger partial charge in [-0.3, -0.25) is 0 Å². The van der Waals surface area contributed by atoms with E-state index in [-0.39, 0.29) is 5.97 Å². The number of carbonyl (C=O) groups is 2. The lowest BCUT2D eigenvalue weighted by molar-refractivity contribution is -0.138. The average molecular weight is 284 g/mol. The zero-order chi connectivity index (χ0) is 15.6. The van der Waals surface area contributed by atoms with Gasteiger partial charge in [-0.1, -0.05) is 65.0 Å². The molecule has 0 aromatic carbocycles. The van der Waals surface area contributed by atoms with Crippen molar-refractivity contribution < 1.29 is 19.4 Å². The molecule has 0 heterocycles. The summed E-state index contributed by atoms with van der Waals surface area (Å²) in [5.41, 5.74) is 0. The fraction of sp³-hybridized carbons (Fsp3) is 0.625. The van der Waals surface area contributed by atoms with E-state index < -0.39 is 5.97 Å². The van der Waals surface area contributed by atoms with Crippen molar-refractivity contribution in [1.82, 2.24) is 0 Å². The van der Waals surface area contributed by atoms with Gasteiger partial charge in [0.25, 0.3) is 0 Å². The van der Waals surface area contributed by atoms with Crippen molar-refractivity contribution in [2.24, 2.45) is 0 Å². The van der Waals surface area contributed by atoms with Crippen molar-refractivity contribution in [3.05, 3.63) is 25.3 Å². The number of carbonyl (C=O) groups excluding carboxylic acids is 1. The topological polar surface area (TPSA) is 63.6 Å². The van der Waals surface area contributed by atoms with Crippen molar-refractivity contribution in [3.8, 4) is 0 Å². The van der Waals surface area contributed by atoms with E-state index in [1.165, 1.54) is 44.6 Å². The predicted molar refractivity (Wildman–Crippen MR) is 81.6 cm³/mol. The normalized spacial score (nSPS) is 9.05. The van der Waals surface area contributed by atoms with E-state index in [1.54, 1.807) is 0 Å². The Morgan fingerprint density at radius 2 is 1.40 bits per heavy atom. The molecule has 0 aromatic heterocycles. The first-order chi connectivity index (χ1) is 9.58. The second-order valence-corrected chi connectivity index (χ2v) is 4.39. The third kappa shape index (κ3) is 21.7. The number of unbranched alkanes of at least 4 members (excludes halogenated alkanes) is 7. The highest BCUT2D eigenvalue weighted by Gasteiger charge is 1.95. The van der Waals surface area contributed by atoms with Crippen molar-refractivity contribution in [2.45, 2.75) is 58.3 Å². The summed E-state index contributed by atoms with van der Waals surface area (Å²) >= 11 is 0. The Morgan fingerprint density at radius 3 is 1.80 bits per heavy atom. The summed E-state index contributed by atoms with van der Waals surface area (Å²) in [6, 6.07) is 0. The molecule has 0 bridgehead atoms. The Balaban J connectivity index is 0. The van der Waals surface area contributed by atoms with Gasteiger partial charge in [0.2, 0.25) is 0 Å². The van der Waals surface area contributed by atoms with E-state index in [4.69, 9.17) is 9.84 Å². The van der Waals surface area contributed by atoms with Gasteiger partial charge in [0.15, 0.2) is 0 Å². The van der Waals surface area contributed by atoms with E-state index in [0.717, 1.165) is 18.9 Å². The van der Waals surface area contributed by atoms with Crippen LogP contribution in [0, 0.1) is 0 Å². The monoisotopic (exact) mass is 284 g/mol. The van der Waals surface area contributed by atoms with Crippen LogP contribution in [0.2, 0.25) is 0 Å². The van der Waals surface area contributed by atoms with Gasteiger partial charge < -0.3 is 9.84 Å². The van der Waals surface area contributed by atoms with Gasteiger partial charge in [-0.15, -0.1) is 0 Å². The lowest BCUT2D eigenvalue weighted by Gasteiger charge is -2.02. The summed E-state index contributed by atoms with van der Waals surface area (Å²) in [5.74, 6) is -1.29. The molecule has 0 aliphatic rings. The highest BCUT2D eigenvalue weighted by Crippen LogP contribution is 2.08. The molecule has 0 amide bonds. The maximum Gasteiger partial charge on any atom is 0.330 e. The molecule has 0 atom stereocenters. The molecular formula is C16H28O4. The molecule has 4 heteroatoms. The van der Waals surface area contributed by atoms with Crippen molar-refractivity contribution >= 4 is 11.9 Å². The number of rotatable bonds is 11. The van der Waals surface area contributed by atoms with Gasteiger partial charge >= 0.3 is 11.9 Å². The van der Waals surface area contributed by atoms with Gasteiger partial charge in [-0.2, -0.15) is 0 Å². The zero-order valence-electron chi connectivity index (χ0n) is 12.6. The molecule has 0 aromatic rings. The largest absolute Gasteiger partial charge is 0.478 e. The number of hydrogen-bond donors (Lipinski definition) is 1. The summed E-state index contributed by atoms with van der Waals surface area (Å²) in [7, 11) is 0. The van der Waals surface area contributed by atoms with E-state index in [1.807, 2.05) is 0 Å². The molecular weight excluding hydrogens is 256 g/mol. The third-order valence-corrected chi connectivity index (χ3v) is 2.58. The molecule has 0 saturated carbocycles. The van der Waals surface area contributed by atoms with Gasteiger partial charge in [0.1, 0.15) is 0 Å². The summed E-state index contributed by atoms with van der Waals surface area (Å²) < 4.78 is 4.88. The smallest absolute Gasteiger partial charge is 0.330 e. The molecule has 116 valence electrons. The molecule has 0 unspecified atom stereocenters. The standard InChI is InChI=1S/C13H24O2.C3H4O2/c1-3-5-6-7-8-9-10-11-12-15-13(14)4-2;1-2-3(4)5/h4H,2-3,5-12H2,1H3;2H,1H2,(H,4,5). The van der Waals surface area contributed by atoms with Crippen LogP contribution in [-0.2, 0) is 14.3 Å². The molecule has 0 saturated heterocycles. The van der Waals surface area contributed by atoms with Gasteiger partial charge in [-0.05, 0) is 6.42 Å². The maximum absolute atomic E-state index is 10.7. The molecule has 1 N–H and O–H groups in total. The summed E-state index contributed by atoms with van der Waals surface area (Å²) in [4.78, 5) is 19.9. The number of carboxylic acid groups (broad SMARTS) is 1. The lowest BCUT2D eigenvalue weighted by Crippen LogP contribution is -2.01. The molecule has 0 aliphatic heterocycles. The Bertz CT molecular complexity index is 272. The summed E-state index contributed by atoms with van der Waals surface area (Å²) in [6.07, 6.45) is 12.1. The van der Waals surface area contributed by atoms with Crippen LogP contribution in [-0.4, -0.2) is 23.7 Å². The second-order valence-electron chi connectivity index (χ2n) is 4.39. The van der Waals surface area contributed by atoms with Gasteiger partial charge in [-0.25, -0.2) is 9.59 Å². The van der Waals surface area contributed by atoms with Gasteiger partial charge in [0.05, 0.1) is 6.61 Å². The van der Waals surface area contributed by atoms with Gasteiger partial charge in [0, 0.05) is 12.2 Å². The van der Waals surface area contributed by atoms with E-state index in [9.17, 15) is 9.59 Å². The van der Waals surface area contributed by atoms with E-state index >= 15 is 0 Å². The molecule has 0 radical (unpaired) electrons. The minimum Gasteiger partial charge on any atom is -0.478 e. The SMILES string of the molecule is C=CC(=O)O.C=CC(=O)OCCCCCCCCCC. The minimum atomic E-state index is -0.981. The Hall–Kier alpha value is -1.58.